The number of nitrogens with zero attached hydrogens (tertiary/aromatic N) is 4. The van der Waals surface area contributed by atoms with Gasteiger partial charge in [0, 0.05) is 6.42 Å². The monoisotopic (exact) mass is 250 g/mol. The molecule has 0 spiro atoms. The van der Waals surface area contributed by atoms with Crippen molar-refractivity contribution in [2.75, 3.05) is 0 Å². The minimum absolute atomic E-state index is 0.724. The second-order valence-corrected chi connectivity index (χ2v) is 4.50. The molecule has 3 aromatic rings. The molecule has 0 saturated carbocycles. The van der Waals surface area contributed by atoms with Gasteiger partial charge in [-0.1, -0.05) is 48.0 Å². The van der Waals surface area contributed by atoms with E-state index in [1.165, 1.54) is 11.1 Å². The van der Waals surface area contributed by atoms with E-state index in [4.69, 9.17) is 0 Å². The first-order valence-electron chi connectivity index (χ1n) is 6.21. The van der Waals surface area contributed by atoms with E-state index < -0.39 is 0 Å². The van der Waals surface area contributed by atoms with Gasteiger partial charge in [0.15, 0.2) is 5.82 Å². The molecule has 2 aromatic carbocycles. The van der Waals surface area contributed by atoms with Crippen molar-refractivity contribution in [2.24, 2.45) is 0 Å². The van der Waals surface area contributed by atoms with Gasteiger partial charge in [0.2, 0.25) is 0 Å². The lowest BCUT2D eigenvalue weighted by Crippen LogP contribution is -2.03. The van der Waals surface area contributed by atoms with Crippen LogP contribution in [0.25, 0.3) is 5.69 Å². The van der Waals surface area contributed by atoms with Crippen LogP contribution >= 0.6 is 0 Å². The Morgan fingerprint density at radius 2 is 1.68 bits per heavy atom. The Labute approximate surface area is 111 Å². The molecule has 0 bridgehead atoms. The van der Waals surface area contributed by atoms with Crippen molar-refractivity contribution in [1.29, 1.82) is 0 Å². The molecule has 0 atom stereocenters. The third-order valence-electron chi connectivity index (χ3n) is 3.02. The minimum atomic E-state index is 0.724. The van der Waals surface area contributed by atoms with Crippen LogP contribution in [0.5, 0.6) is 0 Å². The summed E-state index contributed by atoms with van der Waals surface area (Å²) in [5.74, 6) is 0.843. The van der Waals surface area contributed by atoms with Crippen molar-refractivity contribution < 1.29 is 0 Å². The van der Waals surface area contributed by atoms with Gasteiger partial charge in [-0.15, -0.1) is 5.10 Å². The first-order valence-corrected chi connectivity index (χ1v) is 6.21. The number of rotatable bonds is 3. The molecule has 0 N–H and O–H groups in total. The van der Waals surface area contributed by atoms with Gasteiger partial charge in [-0.25, -0.2) is 0 Å². The fourth-order valence-corrected chi connectivity index (χ4v) is 1.97. The van der Waals surface area contributed by atoms with Crippen LogP contribution in [-0.4, -0.2) is 20.2 Å². The van der Waals surface area contributed by atoms with E-state index >= 15 is 0 Å². The summed E-state index contributed by atoms with van der Waals surface area (Å²) < 4.78 is 1.78. The number of hydrogen-bond donors (Lipinski definition) is 0. The minimum Gasteiger partial charge on any atom is -0.197 e. The molecule has 4 nitrogen and oxygen atoms in total. The van der Waals surface area contributed by atoms with Crippen molar-refractivity contribution in [2.45, 2.75) is 13.3 Å². The van der Waals surface area contributed by atoms with Crippen LogP contribution in [-0.2, 0) is 6.42 Å². The summed E-state index contributed by atoms with van der Waals surface area (Å²) in [6.07, 6.45) is 0.724. The SMILES string of the molecule is Cc1ccc(Cc2nnnn2-c2ccccc2)cc1. The number of benzene rings is 2. The molecule has 4 heteroatoms. The number of aromatic nitrogens is 4. The van der Waals surface area contributed by atoms with Gasteiger partial charge in [0.05, 0.1) is 5.69 Å². The Hall–Kier alpha value is -2.49. The van der Waals surface area contributed by atoms with Gasteiger partial charge < -0.3 is 0 Å². The van der Waals surface area contributed by atoms with Crippen molar-refractivity contribution in [1.82, 2.24) is 20.2 Å². The molecule has 19 heavy (non-hydrogen) atoms. The average Bonchev–Trinajstić information content (AvgIpc) is 2.90. The van der Waals surface area contributed by atoms with E-state index in [9.17, 15) is 0 Å². The largest absolute Gasteiger partial charge is 0.197 e. The summed E-state index contributed by atoms with van der Waals surface area (Å²) >= 11 is 0. The topological polar surface area (TPSA) is 43.6 Å². The third kappa shape index (κ3) is 2.52. The molecular formula is C15H14N4. The zero-order valence-corrected chi connectivity index (χ0v) is 10.7. The highest BCUT2D eigenvalue weighted by molar-refractivity contribution is 5.32. The summed E-state index contributed by atoms with van der Waals surface area (Å²) in [4.78, 5) is 0. The number of aryl methyl sites for hydroxylation is 1. The van der Waals surface area contributed by atoms with Gasteiger partial charge in [-0.3, -0.25) is 0 Å². The molecule has 3 rings (SSSR count). The maximum atomic E-state index is 4.11. The van der Waals surface area contributed by atoms with E-state index in [-0.39, 0.29) is 0 Å². The van der Waals surface area contributed by atoms with Crippen LogP contribution in [0, 0.1) is 6.92 Å². The highest BCUT2D eigenvalue weighted by Crippen LogP contribution is 2.12. The molecule has 94 valence electrons. The lowest BCUT2D eigenvalue weighted by atomic mass is 10.1. The Morgan fingerprint density at radius 3 is 2.42 bits per heavy atom. The lowest BCUT2D eigenvalue weighted by molar-refractivity contribution is 0.771. The van der Waals surface area contributed by atoms with Gasteiger partial charge in [0.25, 0.3) is 0 Å². The Balaban J connectivity index is 1.91. The maximum absolute atomic E-state index is 4.11. The zero-order valence-electron chi connectivity index (χ0n) is 10.7. The van der Waals surface area contributed by atoms with Crippen molar-refractivity contribution in [3.63, 3.8) is 0 Å². The fraction of sp³-hybridized carbons (Fsp3) is 0.133. The highest BCUT2D eigenvalue weighted by atomic mass is 15.5. The molecule has 0 aliphatic rings. The first kappa shape index (κ1) is 11.6. The Morgan fingerprint density at radius 1 is 0.947 bits per heavy atom. The smallest absolute Gasteiger partial charge is 0.161 e. The van der Waals surface area contributed by atoms with Gasteiger partial charge in [0.1, 0.15) is 0 Å². The van der Waals surface area contributed by atoms with Gasteiger partial charge in [-0.2, -0.15) is 4.68 Å². The molecule has 0 unspecified atom stereocenters. The zero-order chi connectivity index (χ0) is 13.1. The molecule has 0 radical (unpaired) electrons. The molecule has 0 fully saturated rings. The average molecular weight is 250 g/mol. The second kappa shape index (κ2) is 5.02. The molecule has 0 amide bonds. The predicted molar refractivity (Wildman–Crippen MR) is 73.1 cm³/mol. The lowest BCUT2D eigenvalue weighted by Gasteiger charge is -2.04. The maximum Gasteiger partial charge on any atom is 0.161 e. The standard InChI is InChI=1S/C15H14N4/c1-12-7-9-13(10-8-12)11-15-16-17-18-19(15)14-5-3-2-4-6-14/h2-10H,11H2,1H3. The van der Waals surface area contributed by atoms with Crippen LogP contribution in [0.4, 0.5) is 0 Å². The van der Waals surface area contributed by atoms with Crippen LogP contribution in [0.1, 0.15) is 17.0 Å². The number of para-hydroxylation sites is 1. The normalized spacial score (nSPS) is 10.6. The highest BCUT2D eigenvalue weighted by Gasteiger charge is 2.08. The fourth-order valence-electron chi connectivity index (χ4n) is 1.97. The Kier molecular flexibility index (Phi) is 3.06. The summed E-state index contributed by atoms with van der Waals surface area (Å²) in [6.45, 7) is 2.08. The Bertz CT molecular complexity index is 656. The van der Waals surface area contributed by atoms with E-state index in [1.54, 1.807) is 4.68 Å². The van der Waals surface area contributed by atoms with Crippen LogP contribution in [0.2, 0.25) is 0 Å². The van der Waals surface area contributed by atoms with E-state index in [0.717, 1.165) is 17.9 Å². The van der Waals surface area contributed by atoms with E-state index in [0.29, 0.717) is 0 Å². The summed E-state index contributed by atoms with van der Waals surface area (Å²) in [5, 5.41) is 11.9. The predicted octanol–water partition coefficient (Wildman–Crippen LogP) is 2.56. The van der Waals surface area contributed by atoms with Crippen molar-refractivity contribution in [3.05, 3.63) is 71.5 Å². The molecule has 1 heterocycles. The molecule has 0 saturated heterocycles. The van der Waals surface area contributed by atoms with Crippen LogP contribution < -0.4 is 0 Å². The van der Waals surface area contributed by atoms with E-state index in [2.05, 4.69) is 46.7 Å². The number of hydrogen-bond acceptors (Lipinski definition) is 3. The number of tetrazole rings is 1. The summed E-state index contributed by atoms with van der Waals surface area (Å²) in [7, 11) is 0. The summed E-state index contributed by atoms with van der Waals surface area (Å²) in [5.41, 5.74) is 3.44. The molecule has 1 aromatic heterocycles. The molecule has 0 aliphatic carbocycles. The van der Waals surface area contributed by atoms with Crippen LogP contribution in [0.15, 0.2) is 54.6 Å². The van der Waals surface area contributed by atoms with Gasteiger partial charge >= 0.3 is 0 Å². The summed E-state index contributed by atoms with van der Waals surface area (Å²) in [6, 6.07) is 18.4. The quantitative estimate of drug-likeness (QED) is 0.717. The second-order valence-electron chi connectivity index (χ2n) is 4.50. The third-order valence-corrected chi connectivity index (χ3v) is 3.02. The van der Waals surface area contributed by atoms with Gasteiger partial charge in [-0.05, 0) is 35.0 Å². The molecule has 0 aliphatic heterocycles. The van der Waals surface area contributed by atoms with E-state index in [1.807, 2.05) is 30.3 Å². The molecular weight excluding hydrogens is 236 g/mol. The first-order chi connectivity index (χ1) is 9.33. The van der Waals surface area contributed by atoms with Crippen LogP contribution in [0.3, 0.4) is 0 Å². The van der Waals surface area contributed by atoms with Crippen molar-refractivity contribution >= 4 is 0 Å². The van der Waals surface area contributed by atoms with Crippen molar-refractivity contribution in [3.8, 4) is 5.69 Å².